The van der Waals surface area contributed by atoms with Crippen LogP contribution in [0.5, 0.6) is 0 Å². The van der Waals surface area contributed by atoms with Crippen molar-refractivity contribution in [2.45, 2.75) is 0 Å². The van der Waals surface area contributed by atoms with Crippen molar-refractivity contribution in [3.63, 3.8) is 0 Å². The maximum absolute atomic E-state index is 8.53. The van der Waals surface area contributed by atoms with Crippen LogP contribution in [0.3, 0.4) is 0 Å². The van der Waals surface area contributed by atoms with Crippen molar-refractivity contribution >= 4 is 22.6 Å². The fraction of sp³-hybridized carbons (Fsp3) is 0. The Morgan fingerprint density at radius 3 is 2.15 bits per heavy atom. The molecule has 0 bridgehead atoms. The van der Waals surface area contributed by atoms with Crippen LogP contribution in [0.25, 0.3) is 0 Å². The van der Waals surface area contributed by atoms with E-state index in [2.05, 4.69) is 21.7 Å². The van der Waals surface area contributed by atoms with Crippen molar-refractivity contribution in [3.8, 4) is 27.8 Å². The molecule has 0 fully saturated rings. The molecule has 0 atom stereocenters. The lowest BCUT2D eigenvalue weighted by atomic mass is 10.1. The van der Waals surface area contributed by atoms with Crippen molar-refractivity contribution in [3.05, 3.63) is 35.4 Å². The van der Waals surface area contributed by atoms with E-state index < -0.39 is 0 Å². The largest absolute Gasteiger partial charge is 0.192 e. The van der Waals surface area contributed by atoms with E-state index in [4.69, 9.17) is 5.26 Å². The minimum Gasteiger partial charge on any atom is -0.192 e. The first-order chi connectivity index (χ1) is 6.36. The van der Waals surface area contributed by atoms with Crippen molar-refractivity contribution in [2.75, 3.05) is 0 Å². The first-order valence-corrected chi connectivity index (χ1v) is 4.56. The van der Waals surface area contributed by atoms with Gasteiger partial charge in [-0.3, -0.25) is 0 Å². The van der Waals surface area contributed by atoms with Crippen LogP contribution in [-0.4, -0.2) is 0 Å². The lowest BCUT2D eigenvalue weighted by Crippen LogP contribution is -1.75. The Hall–Kier alpha value is -1.44. The second kappa shape index (κ2) is 5.25. The quantitative estimate of drug-likeness (QED) is 0.527. The maximum Gasteiger partial charge on any atom is 0.0991 e. The fourth-order valence-corrected chi connectivity index (χ4v) is 0.890. The van der Waals surface area contributed by atoms with Crippen molar-refractivity contribution in [1.82, 2.24) is 0 Å². The number of benzene rings is 1. The number of nitriles is 1. The number of hydrogen-bond donors (Lipinski definition) is 0. The summed E-state index contributed by atoms with van der Waals surface area (Å²) in [5, 5.41) is 8.53. The van der Waals surface area contributed by atoms with Gasteiger partial charge in [-0.25, -0.2) is 0 Å². The average molecular weight is 277 g/mol. The van der Waals surface area contributed by atoms with Gasteiger partial charge in [0.05, 0.1) is 11.6 Å². The normalized spacial score (nSPS) is 7.08. The summed E-state index contributed by atoms with van der Waals surface area (Å²) in [5.41, 5.74) is 1.52. The SMILES string of the molecule is N#Cc1ccc(C#CC#CI)cc1. The zero-order chi connectivity index (χ0) is 9.52. The predicted molar refractivity (Wildman–Crippen MR) is 59.8 cm³/mol. The summed E-state index contributed by atoms with van der Waals surface area (Å²) in [6.07, 6.45) is 0. The van der Waals surface area contributed by atoms with E-state index in [9.17, 15) is 0 Å². The molecule has 0 aliphatic heterocycles. The topological polar surface area (TPSA) is 23.8 Å². The van der Waals surface area contributed by atoms with Crippen LogP contribution >= 0.6 is 22.6 Å². The number of nitrogens with zero attached hydrogens (tertiary/aromatic N) is 1. The number of hydrogen-bond acceptors (Lipinski definition) is 1. The molecular formula is C11H4IN. The highest BCUT2D eigenvalue weighted by atomic mass is 127. The molecule has 0 N–H and O–H groups in total. The molecule has 13 heavy (non-hydrogen) atoms. The molecule has 0 saturated heterocycles. The summed E-state index contributed by atoms with van der Waals surface area (Å²) in [7, 11) is 0. The van der Waals surface area contributed by atoms with Gasteiger partial charge in [0.25, 0.3) is 0 Å². The zero-order valence-corrected chi connectivity index (χ0v) is 8.79. The molecule has 1 nitrogen and oxygen atoms in total. The molecule has 1 aromatic rings. The molecule has 2 heteroatoms. The van der Waals surface area contributed by atoms with Crippen molar-refractivity contribution in [1.29, 1.82) is 5.26 Å². The first kappa shape index (κ1) is 9.65. The van der Waals surface area contributed by atoms with Crippen molar-refractivity contribution in [2.24, 2.45) is 0 Å². The first-order valence-electron chi connectivity index (χ1n) is 3.48. The standard InChI is InChI=1S/C11H4IN/c12-8-2-1-3-10-4-6-11(9-13)7-5-10/h4-7H. The van der Waals surface area contributed by atoms with Crippen LogP contribution in [0.4, 0.5) is 0 Å². The third-order valence-electron chi connectivity index (χ3n) is 1.33. The van der Waals surface area contributed by atoms with Crippen LogP contribution in [0.1, 0.15) is 11.1 Å². The molecule has 0 unspecified atom stereocenters. The number of halogens is 1. The second-order valence-electron chi connectivity index (χ2n) is 2.16. The summed E-state index contributed by atoms with van der Waals surface area (Å²) >= 11 is 1.93. The van der Waals surface area contributed by atoms with Gasteiger partial charge in [-0.15, -0.1) is 0 Å². The highest BCUT2D eigenvalue weighted by Gasteiger charge is 1.87. The molecule has 0 aliphatic carbocycles. The van der Waals surface area contributed by atoms with Gasteiger partial charge in [-0.2, -0.15) is 5.26 Å². The molecule has 0 aliphatic rings. The molecule has 0 amide bonds. The highest BCUT2D eigenvalue weighted by Crippen LogP contribution is 2.00. The van der Waals surface area contributed by atoms with Crippen LogP contribution in [0.15, 0.2) is 24.3 Å². The van der Waals surface area contributed by atoms with Crippen LogP contribution < -0.4 is 0 Å². The molecule has 0 spiro atoms. The summed E-state index contributed by atoms with van der Waals surface area (Å²) < 4.78 is 2.65. The molecule has 1 rings (SSSR count). The van der Waals surface area contributed by atoms with Gasteiger partial charge in [0, 0.05) is 28.2 Å². The van der Waals surface area contributed by atoms with E-state index in [1.807, 2.05) is 28.7 Å². The number of rotatable bonds is 0. The van der Waals surface area contributed by atoms with Crippen LogP contribution in [0.2, 0.25) is 0 Å². The molecule has 0 saturated carbocycles. The Labute approximate surface area is 90.9 Å². The van der Waals surface area contributed by atoms with E-state index >= 15 is 0 Å². The maximum atomic E-state index is 8.53. The van der Waals surface area contributed by atoms with E-state index in [0.717, 1.165) is 5.56 Å². The van der Waals surface area contributed by atoms with Gasteiger partial charge in [-0.05, 0) is 40.0 Å². The van der Waals surface area contributed by atoms with Crippen molar-refractivity contribution < 1.29 is 0 Å². The molecule has 0 heterocycles. The molecular weight excluding hydrogens is 273 g/mol. The summed E-state index contributed by atoms with van der Waals surface area (Å²) in [6, 6.07) is 9.13. The minimum absolute atomic E-state index is 0.644. The van der Waals surface area contributed by atoms with E-state index in [-0.39, 0.29) is 0 Å². The molecule has 0 aromatic heterocycles. The zero-order valence-electron chi connectivity index (χ0n) is 6.63. The Morgan fingerprint density at radius 2 is 1.62 bits per heavy atom. The van der Waals surface area contributed by atoms with E-state index in [1.54, 1.807) is 24.3 Å². The smallest absolute Gasteiger partial charge is 0.0991 e. The van der Waals surface area contributed by atoms with E-state index in [1.165, 1.54) is 0 Å². The van der Waals surface area contributed by atoms with Gasteiger partial charge in [0.2, 0.25) is 0 Å². The predicted octanol–water partition coefficient (Wildman–Crippen LogP) is 2.31. The Bertz CT molecular complexity index is 443. The Kier molecular flexibility index (Phi) is 3.89. The minimum atomic E-state index is 0.644. The van der Waals surface area contributed by atoms with Gasteiger partial charge in [0.1, 0.15) is 0 Å². The second-order valence-corrected chi connectivity index (χ2v) is 2.70. The van der Waals surface area contributed by atoms with Gasteiger partial charge < -0.3 is 0 Å². The van der Waals surface area contributed by atoms with Gasteiger partial charge in [-0.1, -0.05) is 5.92 Å². The van der Waals surface area contributed by atoms with Gasteiger partial charge >= 0.3 is 0 Å². The molecule has 1 aromatic carbocycles. The summed E-state index contributed by atoms with van der Waals surface area (Å²) in [4.78, 5) is 0. The summed E-state index contributed by atoms with van der Waals surface area (Å²) in [6.45, 7) is 0. The lowest BCUT2D eigenvalue weighted by Gasteiger charge is -1.88. The lowest BCUT2D eigenvalue weighted by molar-refractivity contribution is 1.48. The highest BCUT2D eigenvalue weighted by molar-refractivity contribution is 14.1. The molecule has 0 radical (unpaired) electrons. The van der Waals surface area contributed by atoms with Gasteiger partial charge in [0.15, 0.2) is 0 Å². The monoisotopic (exact) mass is 277 g/mol. The third kappa shape index (κ3) is 3.20. The van der Waals surface area contributed by atoms with Crippen LogP contribution in [-0.2, 0) is 0 Å². The average Bonchev–Trinajstić information content (AvgIpc) is 2.19. The van der Waals surface area contributed by atoms with E-state index in [0.29, 0.717) is 5.56 Å². The Morgan fingerprint density at radius 1 is 1.00 bits per heavy atom. The third-order valence-corrected chi connectivity index (χ3v) is 1.60. The fourth-order valence-electron chi connectivity index (χ4n) is 0.755. The summed E-state index contributed by atoms with van der Waals surface area (Å²) in [5.74, 6) is 8.18. The Balaban J connectivity index is 2.88. The van der Waals surface area contributed by atoms with Crippen LogP contribution in [0, 0.1) is 33.0 Å². The molecule has 60 valence electrons.